The lowest BCUT2D eigenvalue weighted by Gasteiger charge is -2.08. The molecule has 0 saturated heterocycles. The van der Waals surface area contributed by atoms with E-state index in [1.54, 1.807) is 19.5 Å². The summed E-state index contributed by atoms with van der Waals surface area (Å²) in [6, 6.07) is 15.7. The van der Waals surface area contributed by atoms with E-state index in [-0.39, 0.29) is 0 Å². The van der Waals surface area contributed by atoms with Crippen molar-refractivity contribution < 1.29 is 4.74 Å². The zero-order valence-corrected chi connectivity index (χ0v) is 13.8. The Morgan fingerprint density at radius 3 is 2.56 bits per heavy atom. The quantitative estimate of drug-likeness (QED) is 0.607. The smallest absolute Gasteiger partial charge is 0.154 e. The van der Waals surface area contributed by atoms with E-state index < -0.39 is 0 Å². The number of anilines is 1. The number of rotatable bonds is 5. The van der Waals surface area contributed by atoms with Crippen LogP contribution in [0.1, 0.15) is 5.56 Å². The Labute approximate surface area is 145 Å². The van der Waals surface area contributed by atoms with Crippen LogP contribution in [-0.2, 0) is 6.54 Å². The summed E-state index contributed by atoms with van der Waals surface area (Å²) >= 11 is 0. The Bertz CT molecular complexity index is 980. The summed E-state index contributed by atoms with van der Waals surface area (Å²) in [7, 11) is 1.66. The highest BCUT2D eigenvalue weighted by atomic mass is 16.5. The van der Waals surface area contributed by atoms with E-state index >= 15 is 0 Å². The van der Waals surface area contributed by atoms with Crippen LogP contribution < -0.4 is 10.1 Å². The molecule has 0 bridgehead atoms. The predicted molar refractivity (Wildman–Crippen MR) is 96.5 cm³/mol. The van der Waals surface area contributed by atoms with Gasteiger partial charge in [-0.3, -0.25) is 4.98 Å². The number of fused-ring (bicyclic) bond motifs is 1. The molecule has 0 unspecified atom stereocenters. The molecule has 6 heteroatoms. The highest BCUT2D eigenvalue weighted by Gasteiger charge is 2.07. The second-order valence-corrected chi connectivity index (χ2v) is 5.57. The van der Waals surface area contributed by atoms with Gasteiger partial charge in [0.1, 0.15) is 11.6 Å². The minimum Gasteiger partial charge on any atom is -0.497 e. The van der Waals surface area contributed by atoms with E-state index in [1.807, 2.05) is 59.2 Å². The third-order valence-electron chi connectivity index (χ3n) is 3.97. The number of aromatic nitrogens is 4. The van der Waals surface area contributed by atoms with Crippen LogP contribution in [-0.4, -0.2) is 26.7 Å². The largest absolute Gasteiger partial charge is 0.497 e. The first-order valence-electron chi connectivity index (χ1n) is 7.95. The summed E-state index contributed by atoms with van der Waals surface area (Å²) in [5, 5.41) is 8.00. The van der Waals surface area contributed by atoms with Gasteiger partial charge in [0, 0.05) is 24.5 Å². The van der Waals surface area contributed by atoms with Gasteiger partial charge >= 0.3 is 0 Å². The standard InChI is InChI=1S/C19H17N5O/c1-25-16-4-2-14(3-5-16)12-21-18-6-7-19-22-13-17(24(19)23-18)15-8-10-20-11-9-15/h2-11,13H,12H2,1H3,(H,21,23). The first kappa shape index (κ1) is 15.1. The van der Waals surface area contributed by atoms with Crippen molar-refractivity contribution in [2.75, 3.05) is 12.4 Å². The van der Waals surface area contributed by atoms with Crippen LogP contribution in [0.2, 0.25) is 0 Å². The SMILES string of the molecule is COc1ccc(CNc2ccc3ncc(-c4ccncc4)n3n2)cc1. The van der Waals surface area contributed by atoms with Crippen molar-refractivity contribution in [2.45, 2.75) is 6.54 Å². The molecule has 0 aliphatic heterocycles. The maximum absolute atomic E-state index is 5.18. The molecule has 6 nitrogen and oxygen atoms in total. The zero-order valence-electron chi connectivity index (χ0n) is 13.8. The Hall–Kier alpha value is -3.41. The molecular formula is C19H17N5O. The summed E-state index contributed by atoms with van der Waals surface area (Å²) < 4.78 is 7.02. The lowest BCUT2D eigenvalue weighted by atomic mass is 10.2. The fourth-order valence-electron chi connectivity index (χ4n) is 2.62. The molecule has 0 aliphatic rings. The number of nitrogens with one attached hydrogen (secondary N) is 1. The van der Waals surface area contributed by atoms with Crippen LogP contribution in [0, 0.1) is 0 Å². The minimum absolute atomic E-state index is 0.682. The van der Waals surface area contributed by atoms with E-state index in [0.717, 1.165) is 34.0 Å². The first-order chi connectivity index (χ1) is 12.3. The monoisotopic (exact) mass is 331 g/mol. The van der Waals surface area contributed by atoms with Gasteiger partial charge in [-0.15, -0.1) is 5.10 Å². The number of methoxy groups -OCH3 is 1. The van der Waals surface area contributed by atoms with Crippen molar-refractivity contribution in [3.63, 3.8) is 0 Å². The molecule has 124 valence electrons. The second kappa shape index (κ2) is 6.60. The minimum atomic E-state index is 0.682. The fraction of sp³-hybridized carbons (Fsp3) is 0.105. The molecule has 3 heterocycles. The molecule has 0 spiro atoms. The molecule has 0 radical (unpaired) electrons. The van der Waals surface area contributed by atoms with E-state index in [4.69, 9.17) is 4.74 Å². The Morgan fingerprint density at radius 1 is 1.00 bits per heavy atom. The van der Waals surface area contributed by atoms with Crippen LogP contribution in [0.4, 0.5) is 5.82 Å². The van der Waals surface area contributed by atoms with Gasteiger partial charge in [-0.2, -0.15) is 0 Å². The third kappa shape index (κ3) is 3.14. The van der Waals surface area contributed by atoms with Crippen molar-refractivity contribution in [1.29, 1.82) is 0 Å². The lowest BCUT2D eigenvalue weighted by Crippen LogP contribution is -2.04. The Balaban J connectivity index is 1.58. The van der Waals surface area contributed by atoms with E-state index in [1.165, 1.54) is 0 Å². The van der Waals surface area contributed by atoms with Crippen LogP contribution >= 0.6 is 0 Å². The van der Waals surface area contributed by atoms with E-state index in [9.17, 15) is 0 Å². The van der Waals surface area contributed by atoms with Crippen molar-refractivity contribution in [3.8, 4) is 17.0 Å². The van der Waals surface area contributed by atoms with Crippen LogP contribution in [0.3, 0.4) is 0 Å². The fourth-order valence-corrected chi connectivity index (χ4v) is 2.62. The molecule has 3 aromatic heterocycles. The molecule has 0 atom stereocenters. The second-order valence-electron chi connectivity index (χ2n) is 5.57. The Morgan fingerprint density at radius 2 is 1.80 bits per heavy atom. The summed E-state index contributed by atoms with van der Waals surface area (Å²) in [6.45, 7) is 0.682. The van der Waals surface area contributed by atoms with Gasteiger partial charge in [-0.1, -0.05) is 12.1 Å². The Kier molecular flexibility index (Phi) is 4.00. The number of nitrogens with zero attached hydrogens (tertiary/aromatic N) is 4. The van der Waals surface area contributed by atoms with Gasteiger partial charge in [-0.25, -0.2) is 9.50 Å². The number of hydrogen-bond donors (Lipinski definition) is 1. The summed E-state index contributed by atoms with van der Waals surface area (Å²) in [4.78, 5) is 8.47. The maximum Gasteiger partial charge on any atom is 0.154 e. The van der Waals surface area contributed by atoms with Gasteiger partial charge in [0.05, 0.1) is 19.0 Å². The highest BCUT2D eigenvalue weighted by molar-refractivity contribution is 5.63. The normalized spacial score (nSPS) is 10.8. The summed E-state index contributed by atoms with van der Waals surface area (Å²) in [5.41, 5.74) is 3.93. The first-order valence-corrected chi connectivity index (χ1v) is 7.95. The molecular weight excluding hydrogens is 314 g/mol. The number of imidazole rings is 1. The lowest BCUT2D eigenvalue weighted by molar-refractivity contribution is 0.414. The van der Waals surface area contributed by atoms with Gasteiger partial charge in [0.2, 0.25) is 0 Å². The molecule has 4 rings (SSSR count). The van der Waals surface area contributed by atoms with Crippen LogP contribution in [0.5, 0.6) is 5.75 Å². The molecule has 1 aromatic carbocycles. The number of hydrogen-bond acceptors (Lipinski definition) is 5. The van der Waals surface area contributed by atoms with Crippen molar-refractivity contribution in [1.82, 2.24) is 19.6 Å². The topological polar surface area (TPSA) is 64.3 Å². The summed E-state index contributed by atoms with van der Waals surface area (Å²) in [5.74, 6) is 1.64. The molecule has 1 N–H and O–H groups in total. The van der Waals surface area contributed by atoms with Crippen molar-refractivity contribution in [2.24, 2.45) is 0 Å². The highest BCUT2D eigenvalue weighted by Crippen LogP contribution is 2.20. The van der Waals surface area contributed by atoms with Crippen LogP contribution in [0.15, 0.2) is 67.1 Å². The van der Waals surface area contributed by atoms with E-state index in [0.29, 0.717) is 6.54 Å². The molecule has 0 aliphatic carbocycles. The molecule has 25 heavy (non-hydrogen) atoms. The number of pyridine rings is 1. The van der Waals surface area contributed by atoms with Gasteiger partial charge in [0.15, 0.2) is 5.65 Å². The molecule has 4 aromatic rings. The predicted octanol–water partition coefficient (Wildman–Crippen LogP) is 3.41. The molecule has 0 fully saturated rings. The average molecular weight is 331 g/mol. The van der Waals surface area contributed by atoms with Crippen molar-refractivity contribution in [3.05, 3.63) is 72.7 Å². The van der Waals surface area contributed by atoms with Gasteiger partial charge in [0.25, 0.3) is 0 Å². The van der Waals surface area contributed by atoms with E-state index in [2.05, 4.69) is 20.4 Å². The van der Waals surface area contributed by atoms with Gasteiger partial charge in [-0.05, 0) is 42.0 Å². The van der Waals surface area contributed by atoms with Crippen LogP contribution in [0.25, 0.3) is 16.9 Å². The van der Waals surface area contributed by atoms with Crippen molar-refractivity contribution >= 4 is 11.5 Å². The maximum atomic E-state index is 5.18. The number of benzene rings is 1. The number of ether oxygens (including phenoxy) is 1. The zero-order chi connectivity index (χ0) is 17.1. The third-order valence-corrected chi connectivity index (χ3v) is 3.97. The molecule has 0 amide bonds. The average Bonchev–Trinajstić information content (AvgIpc) is 3.10. The van der Waals surface area contributed by atoms with Gasteiger partial charge < -0.3 is 10.1 Å². The molecule has 0 saturated carbocycles. The summed E-state index contributed by atoms with van der Waals surface area (Å²) in [6.07, 6.45) is 5.35.